The third-order valence-corrected chi connectivity index (χ3v) is 4.18. The summed E-state index contributed by atoms with van der Waals surface area (Å²) in [5, 5.41) is 4.40. The summed E-state index contributed by atoms with van der Waals surface area (Å²) in [5.41, 5.74) is 3.29. The first-order valence-corrected chi connectivity index (χ1v) is 7.68. The van der Waals surface area contributed by atoms with Crippen molar-refractivity contribution in [2.45, 2.75) is 26.8 Å². The van der Waals surface area contributed by atoms with Crippen LogP contribution < -0.4 is 5.32 Å². The molecule has 0 saturated carbocycles. The Morgan fingerprint density at radius 1 is 1.14 bits per heavy atom. The van der Waals surface area contributed by atoms with Gasteiger partial charge in [-0.15, -0.1) is 0 Å². The molecule has 0 bridgehead atoms. The van der Waals surface area contributed by atoms with Crippen molar-refractivity contribution in [3.8, 4) is 11.1 Å². The van der Waals surface area contributed by atoms with E-state index >= 15 is 0 Å². The highest BCUT2D eigenvalue weighted by Crippen LogP contribution is 2.34. The van der Waals surface area contributed by atoms with E-state index in [9.17, 15) is 4.39 Å². The molecule has 2 aromatic carbocycles. The number of halogens is 3. The molecule has 0 fully saturated rings. The molecule has 0 aliphatic carbocycles. The Balaban J connectivity index is 2.43. The number of nitrogens with one attached hydrogen (secondary N) is 1. The molecule has 4 heteroatoms. The summed E-state index contributed by atoms with van der Waals surface area (Å²) in [7, 11) is 0. The van der Waals surface area contributed by atoms with Crippen LogP contribution >= 0.6 is 23.2 Å². The predicted octanol–water partition coefficient (Wildman–Crippen LogP) is 5.78. The van der Waals surface area contributed by atoms with Crippen LogP contribution in [0.1, 0.15) is 31.0 Å². The van der Waals surface area contributed by atoms with Crippen LogP contribution in [-0.2, 0) is 0 Å². The molecule has 2 aromatic rings. The Hall–Kier alpha value is -1.09. The van der Waals surface area contributed by atoms with Gasteiger partial charge in [0.25, 0.3) is 0 Å². The van der Waals surface area contributed by atoms with Gasteiger partial charge in [0.15, 0.2) is 0 Å². The number of hydrogen-bond donors (Lipinski definition) is 1. The standard InChI is InChI=1S/C17H18Cl2FN/c1-4-21-11(3)13-6-5-12(8-15(13)18)14-7-10(2)17(20)9-16(14)19/h5-9,11,21H,4H2,1-3H3. The maximum Gasteiger partial charge on any atom is 0.127 e. The van der Waals surface area contributed by atoms with E-state index in [-0.39, 0.29) is 11.9 Å². The second-order valence-corrected chi connectivity index (χ2v) is 5.91. The Morgan fingerprint density at radius 2 is 1.86 bits per heavy atom. The maximum absolute atomic E-state index is 13.5. The highest BCUT2D eigenvalue weighted by Gasteiger charge is 2.12. The summed E-state index contributed by atoms with van der Waals surface area (Å²) >= 11 is 12.5. The molecule has 0 radical (unpaired) electrons. The molecule has 2 rings (SSSR count). The summed E-state index contributed by atoms with van der Waals surface area (Å²) in [5.74, 6) is -0.299. The van der Waals surface area contributed by atoms with E-state index in [0.29, 0.717) is 15.6 Å². The van der Waals surface area contributed by atoms with Crippen molar-refractivity contribution < 1.29 is 4.39 Å². The predicted molar refractivity (Wildman–Crippen MR) is 88.7 cm³/mol. The molecule has 112 valence electrons. The summed E-state index contributed by atoms with van der Waals surface area (Å²) in [6, 6.07) is 9.10. The van der Waals surface area contributed by atoms with Crippen LogP contribution in [0.5, 0.6) is 0 Å². The van der Waals surface area contributed by atoms with E-state index in [2.05, 4.69) is 19.2 Å². The van der Waals surface area contributed by atoms with Crippen LogP contribution in [0.25, 0.3) is 11.1 Å². The Morgan fingerprint density at radius 3 is 2.48 bits per heavy atom. The van der Waals surface area contributed by atoms with Gasteiger partial charge in [-0.25, -0.2) is 4.39 Å². The smallest absolute Gasteiger partial charge is 0.127 e. The van der Waals surface area contributed by atoms with Gasteiger partial charge in [-0.05, 0) is 55.3 Å². The normalized spacial score (nSPS) is 12.5. The molecular weight excluding hydrogens is 308 g/mol. The van der Waals surface area contributed by atoms with Gasteiger partial charge in [0.1, 0.15) is 5.82 Å². The van der Waals surface area contributed by atoms with Crippen LogP contribution in [0.2, 0.25) is 10.0 Å². The van der Waals surface area contributed by atoms with E-state index in [4.69, 9.17) is 23.2 Å². The number of rotatable bonds is 4. The van der Waals surface area contributed by atoms with E-state index in [1.54, 1.807) is 13.0 Å². The summed E-state index contributed by atoms with van der Waals surface area (Å²) < 4.78 is 13.5. The zero-order valence-electron chi connectivity index (χ0n) is 12.3. The van der Waals surface area contributed by atoms with Crippen molar-refractivity contribution in [2.75, 3.05) is 6.54 Å². The molecule has 0 spiro atoms. The molecule has 1 nitrogen and oxygen atoms in total. The second-order valence-electron chi connectivity index (χ2n) is 5.10. The molecule has 1 N–H and O–H groups in total. The van der Waals surface area contributed by atoms with Gasteiger partial charge in [0.05, 0.1) is 5.02 Å². The molecule has 0 heterocycles. The lowest BCUT2D eigenvalue weighted by Crippen LogP contribution is -2.17. The fourth-order valence-electron chi connectivity index (χ4n) is 2.34. The maximum atomic E-state index is 13.5. The molecular formula is C17H18Cl2FN. The highest BCUT2D eigenvalue weighted by atomic mass is 35.5. The van der Waals surface area contributed by atoms with E-state index in [1.807, 2.05) is 18.2 Å². The van der Waals surface area contributed by atoms with Gasteiger partial charge in [-0.1, -0.05) is 42.3 Å². The molecule has 0 saturated heterocycles. The van der Waals surface area contributed by atoms with Crippen LogP contribution in [0.3, 0.4) is 0 Å². The molecule has 1 atom stereocenters. The van der Waals surface area contributed by atoms with Gasteiger partial charge in [-0.2, -0.15) is 0 Å². The van der Waals surface area contributed by atoms with Crippen molar-refractivity contribution in [1.82, 2.24) is 5.32 Å². The Bertz CT molecular complexity index is 655. The highest BCUT2D eigenvalue weighted by molar-refractivity contribution is 6.34. The van der Waals surface area contributed by atoms with Gasteiger partial charge >= 0.3 is 0 Å². The SMILES string of the molecule is CCNC(C)c1ccc(-c2cc(C)c(F)cc2Cl)cc1Cl. The first-order chi connectivity index (χ1) is 9.93. The molecule has 0 amide bonds. The van der Waals surface area contributed by atoms with Gasteiger partial charge in [0, 0.05) is 16.6 Å². The summed E-state index contributed by atoms with van der Waals surface area (Å²) in [6.45, 7) is 6.72. The molecule has 0 aliphatic rings. The number of benzene rings is 2. The van der Waals surface area contributed by atoms with Crippen molar-refractivity contribution in [1.29, 1.82) is 0 Å². The van der Waals surface area contributed by atoms with Crippen LogP contribution in [0.15, 0.2) is 30.3 Å². The van der Waals surface area contributed by atoms with Crippen LogP contribution in [-0.4, -0.2) is 6.54 Å². The molecule has 0 aromatic heterocycles. The number of aryl methyl sites for hydroxylation is 1. The fraction of sp³-hybridized carbons (Fsp3) is 0.294. The zero-order valence-corrected chi connectivity index (χ0v) is 13.8. The van der Waals surface area contributed by atoms with Gasteiger partial charge in [0.2, 0.25) is 0 Å². The van der Waals surface area contributed by atoms with Crippen molar-refractivity contribution in [3.63, 3.8) is 0 Å². The van der Waals surface area contributed by atoms with Crippen molar-refractivity contribution >= 4 is 23.2 Å². The zero-order chi connectivity index (χ0) is 15.6. The van der Waals surface area contributed by atoms with E-state index < -0.39 is 0 Å². The van der Waals surface area contributed by atoms with Gasteiger partial charge in [-0.3, -0.25) is 0 Å². The average Bonchev–Trinajstić information content (AvgIpc) is 2.43. The number of hydrogen-bond acceptors (Lipinski definition) is 1. The first-order valence-electron chi connectivity index (χ1n) is 6.93. The topological polar surface area (TPSA) is 12.0 Å². The minimum Gasteiger partial charge on any atom is -0.310 e. The first kappa shape index (κ1) is 16.3. The summed E-state index contributed by atoms with van der Waals surface area (Å²) in [4.78, 5) is 0. The quantitative estimate of drug-likeness (QED) is 0.751. The molecule has 0 aliphatic heterocycles. The Labute approximate surface area is 135 Å². The monoisotopic (exact) mass is 325 g/mol. The van der Waals surface area contributed by atoms with Crippen LogP contribution in [0, 0.1) is 12.7 Å². The second kappa shape index (κ2) is 6.78. The molecule has 1 unspecified atom stereocenters. The summed E-state index contributed by atoms with van der Waals surface area (Å²) in [6.07, 6.45) is 0. The third kappa shape index (κ3) is 3.57. The largest absolute Gasteiger partial charge is 0.310 e. The molecule has 21 heavy (non-hydrogen) atoms. The van der Waals surface area contributed by atoms with E-state index in [1.165, 1.54) is 6.07 Å². The average molecular weight is 326 g/mol. The lowest BCUT2D eigenvalue weighted by molar-refractivity contribution is 0.598. The van der Waals surface area contributed by atoms with Crippen molar-refractivity contribution in [2.24, 2.45) is 0 Å². The van der Waals surface area contributed by atoms with E-state index in [0.717, 1.165) is 23.2 Å². The van der Waals surface area contributed by atoms with Gasteiger partial charge < -0.3 is 5.32 Å². The minimum absolute atomic E-state index is 0.182. The lowest BCUT2D eigenvalue weighted by Gasteiger charge is -2.16. The Kier molecular flexibility index (Phi) is 5.26. The fourth-order valence-corrected chi connectivity index (χ4v) is 2.94. The third-order valence-electron chi connectivity index (χ3n) is 3.54. The van der Waals surface area contributed by atoms with Crippen LogP contribution in [0.4, 0.5) is 4.39 Å². The van der Waals surface area contributed by atoms with Crippen molar-refractivity contribution in [3.05, 3.63) is 57.3 Å². The lowest BCUT2D eigenvalue weighted by atomic mass is 9.99. The minimum atomic E-state index is -0.299.